The summed E-state index contributed by atoms with van der Waals surface area (Å²) in [5, 5.41) is 13.3. The van der Waals surface area contributed by atoms with Gasteiger partial charge in [-0.2, -0.15) is 5.26 Å². The van der Waals surface area contributed by atoms with Gasteiger partial charge >= 0.3 is 6.36 Å². The van der Waals surface area contributed by atoms with E-state index in [0.717, 1.165) is 0 Å². The van der Waals surface area contributed by atoms with Crippen LogP contribution in [-0.4, -0.2) is 47.4 Å². The third kappa shape index (κ3) is 5.42. The zero-order chi connectivity index (χ0) is 25.2. The lowest BCUT2D eigenvalue weighted by molar-refractivity contribution is -0.324. The van der Waals surface area contributed by atoms with Gasteiger partial charge < -0.3 is 10.3 Å². The molecule has 1 fully saturated rings. The number of ether oxygens (including phenoxy) is 1. The number of carbonyl (C=O) groups excluding carboxylic acids is 2. The number of aromatic nitrogens is 1. The van der Waals surface area contributed by atoms with E-state index in [-0.39, 0.29) is 30.5 Å². The number of halogens is 3. The van der Waals surface area contributed by atoms with E-state index < -0.39 is 24.9 Å². The van der Waals surface area contributed by atoms with Crippen LogP contribution in [0.3, 0.4) is 0 Å². The monoisotopic (exact) mass is 486 g/mol. The Labute approximate surface area is 198 Å². The summed E-state index contributed by atoms with van der Waals surface area (Å²) in [6.07, 6.45) is -1.48. The number of benzene rings is 1. The Balaban J connectivity index is 1.48. The SMILES string of the molecule is CC1=CN2NC[C@H](C(=O)Nc3ccnc(C#N)c3)C2C(=O)N1c1ccc(CCOC(F)(F)F)cc1. The normalized spacial score (nSPS) is 19.7. The molecule has 1 aromatic carbocycles. The first-order valence-electron chi connectivity index (χ1n) is 10.7. The molecular weight excluding hydrogens is 465 g/mol. The zero-order valence-corrected chi connectivity index (χ0v) is 18.5. The summed E-state index contributed by atoms with van der Waals surface area (Å²) in [6.45, 7) is 1.47. The summed E-state index contributed by atoms with van der Waals surface area (Å²) in [7, 11) is 0. The largest absolute Gasteiger partial charge is 0.522 e. The minimum absolute atomic E-state index is 0.0631. The standard InChI is InChI=1S/C23H21F3N6O3/c1-14-13-31-20(19(12-29-31)21(33)30-16-6-8-28-17(10-16)11-27)22(34)32(14)18-4-2-15(3-5-18)7-9-35-23(24,25)26/h2-6,8,10,13,19-20,29H,7,9,12H2,1H3,(H,28,30,33)/t19-,20?/m0/s1. The van der Waals surface area contributed by atoms with Crippen LogP contribution < -0.4 is 15.6 Å². The second kappa shape index (κ2) is 9.73. The zero-order valence-electron chi connectivity index (χ0n) is 18.5. The molecule has 2 aliphatic heterocycles. The molecular formula is C23H21F3N6O3. The van der Waals surface area contributed by atoms with Crippen LogP contribution in [0, 0.1) is 17.2 Å². The third-order valence-electron chi connectivity index (χ3n) is 5.66. The molecule has 2 aliphatic rings. The average Bonchev–Trinajstić information content (AvgIpc) is 3.23. The van der Waals surface area contributed by atoms with Gasteiger partial charge in [-0.1, -0.05) is 12.1 Å². The number of allylic oxidation sites excluding steroid dienone is 1. The van der Waals surface area contributed by atoms with Crippen molar-refractivity contribution in [2.75, 3.05) is 23.4 Å². The lowest BCUT2D eigenvalue weighted by Crippen LogP contribution is -2.53. The van der Waals surface area contributed by atoms with Crippen LogP contribution in [0.25, 0.3) is 0 Å². The van der Waals surface area contributed by atoms with Crippen molar-refractivity contribution in [3.8, 4) is 6.07 Å². The number of fused-ring (bicyclic) bond motifs is 1. The summed E-state index contributed by atoms with van der Waals surface area (Å²) in [4.78, 5) is 31.8. The predicted octanol–water partition coefficient (Wildman–Crippen LogP) is 2.68. The van der Waals surface area contributed by atoms with Crippen LogP contribution in [0.15, 0.2) is 54.5 Å². The van der Waals surface area contributed by atoms with Crippen LogP contribution in [0.5, 0.6) is 0 Å². The molecule has 35 heavy (non-hydrogen) atoms. The Bertz CT molecular complexity index is 1190. The summed E-state index contributed by atoms with van der Waals surface area (Å²) in [5.41, 5.74) is 5.37. The van der Waals surface area contributed by atoms with Gasteiger partial charge in [0, 0.05) is 36.0 Å². The molecule has 2 N–H and O–H groups in total. The highest BCUT2D eigenvalue weighted by Gasteiger charge is 2.47. The molecule has 0 saturated carbocycles. The van der Waals surface area contributed by atoms with E-state index >= 15 is 0 Å². The van der Waals surface area contributed by atoms with Gasteiger partial charge in [-0.05, 0) is 43.2 Å². The number of anilines is 2. The molecule has 2 amide bonds. The van der Waals surface area contributed by atoms with Crippen molar-refractivity contribution in [2.24, 2.45) is 5.92 Å². The van der Waals surface area contributed by atoms with Gasteiger partial charge in [0.15, 0.2) is 0 Å². The predicted molar refractivity (Wildman–Crippen MR) is 118 cm³/mol. The maximum Gasteiger partial charge on any atom is 0.522 e. The Kier molecular flexibility index (Phi) is 6.72. The topological polar surface area (TPSA) is 111 Å². The van der Waals surface area contributed by atoms with Gasteiger partial charge in [-0.3, -0.25) is 19.2 Å². The molecule has 182 valence electrons. The van der Waals surface area contributed by atoms with Gasteiger partial charge in [-0.25, -0.2) is 10.4 Å². The highest BCUT2D eigenvalue weighted by Crippen LogP contribution is 2.31. The van der Waals surface area contributed by atoms with Gasteiger partial charge in [-0.15, -0.1) is 13.2 Å². The quantitative estimate of drug-likeness (QED) is 0.646. The van der Waals surface area contributed by atoms with Crippen molar-refractivity contribution < 1.29 is 27.5 Å². The molecule has 0 spiro atoms. The number of nitrogens with zero attached hydrogens (tertiary/aromatic N) is 4. The van der Waals surface area contributed by atoms with Gasteiger partial charge in [0.25, 0.3) is 5.91 Å². The Morgan fingerprint density at radius 3 is 2.74 bits per heavy atom. The molecule has 0 radical (unpaired) electrons. The van der Waals surface area contributed by atoms with E-state index in [4.69, 9.17) is 5.26 Å². The highest BCUT2D eigenvalue weighted by atomic mass is 19.4. The third-order valence-corrected chi connectivity index (χ3v) is 5.66. The van der Waals surface area contributed by atoms with Crippen LogP contribution in [0.1, 0.15) is 18.2 Å². The van der Waals surface area contributed by atoms with E-state index in [0.29, 0.717) is 22.6 Å². The molecule has 2 atom stereocenters. The molecule has 1 saturated heterocycles. The van der Waals surface area contributed by atoms with Gasteiger partial charge in [0.1, 0.15) is 17.8 Å². The first-order valence-corrected chi connectivity index (χ1v) is 10.7. The van der Waals surface area contributed by atoms with Crippen LogP contribution in [0.2, 0.25) is 0 Å². The van der Waals surface area contributed by atoms with E-state index in [1.54, 1.807) is 48.5 Å². The van der Waals surface area contributed by atoms with E-state index in [2.05, 4.69) is 20.5 Å². The molecule has 1 aromatic heterocycles. The number of nitrogens with one attached hydrogen (secondary N) is 2. The van der Waals surface area contributed by atoms with Crippen LogP contribution in [-0.2, 0) is 20.7 Å². The van der Waals surface area contributed by atoms with Crippen molar-refractivity contribution in [3.63, 3.8) is 0 Å². The van der Waals surface area contributed by atoms with Gasteiger partial charge in [0.2, 0.25) is 5.91 Å². The van der Waals surface area contributed by atoms with Gasteiger partial charge in [0.05, 0.1) is 12.5 Å². The summed E-state index contributed by atoms with van der Waals surface area (Å²) in [6, 6.07) is 10.7. The van der Waals surface area contributed by atoms with Crippen molar-refractivity contribution >= 4 is 23.2 Å². The minimum atomic E-state index is -4.68. The first kappa shape index (κ1) is 24.2. The van der Waals surface area contributed by atoms with Crippen LogP contribution >= 0.6 is 0 Å². The Morgan fingerprint density at radius 1 is 1.31 bits per heavy atom. The number of carbonyl (C=O) groups is 2. The van der Waals surface area contributed by atoms with Crippen molar-refractivity contribution in [2.45, 2.75) is 25.7 Å². The molecule has 9 nitrogen and oxygen atoms in total. The number of rotatable bonds is 6. The molecule has 12 heteroatoms. The maximum absolute atomic E-state index is 13.5. The Morgan fingerprint density at radius 2 is 2.06 bits per heavy atom. The smallest absolute Gasteiger partial charge is 0.326 e. The maximum atomic E-state index is 13.5. The fraction of sp³-hybridized carbons (Fsp3) is 0.304. The fourth-order valence-corrected chi connectivity index (χ4v) is 4.06. The number of pyridine rings is 1. The molecule has 2 aromatic rings. The molecule has 3 heterocycles. The van der Waals surface area contributed by atoms with E-state index in [1.807, 2.05) is 6.07 Å². The molecule has 0 bridgehead atoms. The lowest BCUT2D eigenvalue weighted by atomic mass is 9.97. The van der Waals surface area contributed by atoms with E-state index in [1.165, 1.54) is 17.2 Å². The Hall–Kier alpha value is -3.95. The number of hydrogen-bond donors (Lipinski definition) is 2. The summed E-state index contributed by atoms with van der Waals surface area (Å²) < 4.78 is 40.3. The lowest BCUT2D eigenvalue weighted by Gasteiger charge is -2.36. The second-order valence-electron chi connectivity index (χ2n) is 8.01. The second-order valence-corrected chi connectivity index (χ2v) is 8.01. The summed E-state index contributed by atoms with van der Waals surface area (Å²) in [5.74, 6) is -1.43. The molecule has 4 rings (SSSR count). The number of amides is 2. The van der Waals surface area contributed by atoms with Crippen molar-refractivity contribution in [3.05, 3.63) is 65.7 Å². The number of alkyl halides is 3. The number of nitriles is 1. The summed E-state index contributed by atoms with van der Waals surface area (Å²) >= 11 is 0. The van der Waals surface area contributed by atoms with Crippen LogP contribution in [0.4, 0.5) is 24.5 Å². The molecule has 1 unspecified atom stereocenters. The minimum Gasteiger partial charge on any atom is -0.326 e. The number of hydrazine groups is 1. The highest BCUT2D eigenvalue weighted by molar-refractivity contribution is 6.05. The average molecular weight is 486 g/mol. The molecule has 0 aliphatic carbocycles. The van der Waals surface area contributed by atoms with Crippen molar-refractivity contribution in [1.29, 1.82) is 5.26 Å². The fourth-order valence-electron chi connectivity index (χ4n) is 4.06. The van der Waals surface area contributed by atoms with Crippen molar-refractivity contribution in [1.82, 2.24) is 15.4 Å². The number of hydrogen-bond acceptors (Lipinski definition) is 7. The first-order chi connectivity index (χ1) is 16.7. The van der Waals surface area contributed by atoms with E-state index in [9.17, 15) is 22.8 Å².